The van der Waals surface area contributed by atoms with Gasteiger partial charge in [0.05, 0.1) is 0 Å². The van der Waals surface area contributed by atoms with E-state index < -0.39 is 0 Å². The van der Waals surface area contributed by atoms with Gasteiger partial charge >= 0.3 is 0 Å². The van der Waals surface area contributed by atoms with Gasteiger partial charge in [0.25, 0.3) is 0 Å². The number of hydrogen-bond acceptors (Lipinski definition) is 4. The van der Waals surface area contributed by atoms with E-state index in [0.29, 0.717) is 0 Å². The van der Waals surface area contributed by atoms with Gasteiger partial charge in [-0.15, -0.1) is 0 Å². The lowest BCUT2D eigenvalue weighted by atomic mass is 9.95. The van der Waals surface area contributed by atoms with E-state index in [-0.39, 0.29) is 0 Å². The first-order valence-electron chi connectivity index (χ1n) is 28.1. The number of rotatable bonds is 4. The maximum absolute atomic E-state index is 2.43. The first-order valence-corrected chi connectivity index (χ1v) is 28.1. The van der Waals surface area contributed by atoms with E-state index in [1.54, 1.807) is 0 Å². The zero-order valence-electron chi connectivity index (χ0n) is 51.0. The van der Waals surface area contributed by atoms with Crippen LogP contribution < -0.4 is 0 Å². The predicted molar refractivity (Wildman–Crippen MR) is 331 cm³/mol. The van der Waals surface area contributed by atoms with Gasteiger partial charge < -0.3 is 19.6 Å². The zero-order chi connectivity index (χ0) is 55.3. The Hall–Kier alpha value is -4.84. The Labute approximate surface area is 446 Å². The van der Waals surface area contributed by atoms with Crippen molar-refractivity contribution in [2.24, 2.45) is 0 Å². The number of hydrogen-bond donors (Lipinski definition) is 0. The molecular weight excluding hydrogens is 873 g/mol. The zero-order valence-corrected chi connectivity index (χ0v) is 51.0. The molecule has 6 aromatic rings. The maximum atomic E-state index is 2.43. The monoisotopic (exact) mass is 981 g/mol. The summed E-state index contributed by atoms with van der Waals surface area (Å²) in [6.07, 6.45) is 4.35. The third kappa shape index (κ3) is 21.3. The van der Waals surface area contributed by atoms with Gasteiger partial charge in [-0.25, -0.2) is 0 Å². The lowest BCUT2D eigenvalue weighted by Gasteiger charge is -2.08. The van der Waals surface area contributed by atoms with E-state index in [0.717, 1.165) is 51.9 Å². The van der Waals surface area contributed by atoms with Gasteiger partial charge in [0.15, 0.2) is 0 Å². The molecule has 0 saturated carbocycles. The van der Waals surface area contributed by atoms with Crippen molar-refractivity contribution in [2.45, 2.75) is 136 Å². The Kier molecular flexibility index (Phi) is 39.1. The van der Waals surface area contributed by atoms with Crippen molar-refractivity contribution in [3.05, 3.63) is 166 Å². The van der Waals surface area contributed by atoms with Crippen molar-refractivity contribution < 1.29 is 0 Å². The molecule has 0 heterocycles. The highest BCUT2D eigenvalue weighted by atomic mass is 15.1. The molecule has 0 aliphatic heterocycles. The minimum absolute atomic E-state index is 1.08. The van der Waals surface area contributed by atoms with Gasteiger partial charge in [-0.2, -0.15) is 0 Å². The van der Waals surface area contributed by atoms with E-state index in [9.17, 15) is 0 Å². The van der Waals surface area contributed by atoms with Crippen LogP contribution in [0.5, 0.6) is 0 Å². The van der Waals surface area contributed by atoms with Crippen molar-refractivity contribution >= 4 is 0 Å². The fourth-order valence-electron chi connectivity index (χ4n) is 7.63. The average molecular weight is 982 g/mol. The van der Waals surface area contributed by atoms with Crippen LogP contribution in [0.1, 0.15) is 155 Å². The summed E-state index contributed by atoms with van der Waals surface area (Å²) in [5.74, 6) is 0. The molecule has 0 spiro atoms. The van der Waals surface area contributed by atoms with E-state index in [2.05, 4.69) is 225 Å². The van der Waals surface area contributed by atoms with Crippen LogP contribution in [0.15, 0.2) is 121 Å². The lowest BCUT2D eigenvalue weighted by molar-refractivity contribution is 0.434. The SMILES string of the molecule is CC.CC.CC.CC.CC.CC.CCN(C)C.CCN(C)C.CCN(C)C.CCN(C)C.c1ccc2c(c1)Cc1c-2ccc2c1-c1ccccc1C2.c1ccc2c(c1)Cc1cc3c(cc1-2)Cc1ccccc1-3. The third-order valence-electron chi connectivity index (χ3n) is 12.0. The molecule has 0 atom stereocenters. The number of benzene rings is 6. The van der Waals surface area contributed by atoms with Gasteiger partial charge in [0, 0.05) is 0 Å². The van der Waals surface area contributed by atoms with Crippen LogP contribution in [0.4, 0.5) is 0 Å². The highest BCUT2D eigenvalue weighted by molar-refractivity contribution is 5.90. The smallest absolute Gasteiger partial charge is 0.000718 e. The summed E-state index contributed by atoms with van der Waals surface area (Å²) in [5.41, 5.74) is 23.5. The standard InChI is InChI=1S/2C20H14.4C4H11N.6C2H6/c1-3-7-16-14(6-1)12-19-18(16)10-9-15-11-13-5-2-4-8-17(13)20(15)19;1-3-7-17-13(5-1)9-15-11-20-16(12-19(15)17)10-14-6-2-4-8-18(14)20;4*1-4-5(2)3;6*1-2/h1-10H,11-12H2;1-8,11-12H,9-10H2;4*4H2,1-3H3;6*1-2H3. The van der Waals surface area contributed by atoms with E-state index in [4.69, 9.17) is 0 Å². The molecule has 4 aliphatic carbocycles. The average Bonchev–Trinajstić information content (AvgIpc) is 4.22. The van der Waals surface area contributed by atoms with Crippen molar-refractivity contribution in [3.8, 4) is 44.5 Å². The van der Waals surface area contributed by atoms with E-state index >= 15 is 0 Å². The topological polar surface area (TPSA) is 13.0 Å². The van der Waals surface area contributed by atoms with Gasteiger partial charge in [0.2, 0.25) is 0 Å². The maximum Gasteiger partial charge on any atom is -0.000718 e. The van der Waals surface area contributed by atoms with Gasteiger partial charge in [-0.1, -0.05) is 220 Å². The Bertz CT molecular complexity index is 2190. The lowest BCUT2D eigenvalue weighted by Crippen LogP contribution is -2.08. The summed E-state index contributed by atoms with van der Waals surface area (Å²) < 4.78 is 0. The minimum atomic E-state index is 1.08. The second-order valence-electron chi connectivity index (χ2n) is 17.2. The second kappa shape index (κ2) is 40.6. The van der Waals surface area contributed by atoms with Crippen LogP contribution in [-0.2, 0) is 25.7 Å². The van der Waals surface area contributed by atoms with E-state index in [1.165, 1.54) is 89.0 Å². The molecule has 0 unspecified atom stereocenters. The van der Waals surface area contributed by atoms with Crippen molar-refractivity contribution in [1.29, 1.82) is 0 Å². The molecule has 6 aromatic carbocycles. The highest BCUT2D eigenvalue weighted by Gasteiger charge is 2.28. The molecule has 0 amide bonds. The predicted octanol–water partition coefficient (Wildman–Crippen LogP) is 18.1. The van der Waals surface area contributed by atoms with Gasteiger partial charge in [-0.3, -0.25) is 0 Å². The van der Waals surface area contributed by atoms with Crippen LogP contribution in [-0.4, -0.2) is 102 Å². The van der Waals surface area contributed by atoms with Crippen LogP contribution >= 0.6 is 0 Å². The number of nitrogens with zero attached hydrogens (tertiary/aromatic N) is 4. The summed E-state index contributed by atoms with van der Waals surface area (Å²) in [5, 5.41) is 0. The first kappa shape index (κ1) is 69.2. The molecule has 10 rings (SSSR count). The Balaban J connectivity index is 0. The normalized spacial score (nSPS) is 10.7. The van der Waals surface area contributed by atoms with Gasteiger partial charge in [-0.05, 0) is 209 Å². The molecule has 0 N–H and O–H groups in total. The van der Waals surface area contributed by atoms with Crippen molar-refractivity contribution in [3.63, 3.8) is 0 Å². The quantitative estimate of drug-likeness (QED) is 0.174. The molecule has 400 valence electrons. The second-order valence-corrected chi connectivity index (χ2v) is 17.2. The summed E-state index contributed by atoms with van der Waals surface area (Å²) in [6.45, 7) is 37.1. The Morgan fingerprint density at radius 3 is 0.833 bits per heavy atom. The van der Waals surface area contributed by atoms with Gasteiger partial charge in [0.1, 0.15) is 0 Å². The highest BCUT2D eigenvalue weighted by Crippen LogP contribution is 2.48. The van der Waals surface area contributed by atoms with Crippen LogP contribution in [0.25, 0.3) is 44.5 Å². The largest absolute Gasteiger partial charge is 0.310 e. The molecule has 72 heavy (non-hydrogen) atoms. The molecule has 4 nitrogen and oxygen atoms in total. The van der Waals surface area contributed by atoms with Crippen LogP contribution in [0.3, 0.4) is 0 Å². The number of fused-ring (bicyclic) bond motifs is 13. The molecule has 0 fully saturated rings. The van der Waals surface area contributed by atoms with Crippen LogP contribution in [0, 0.1) is 0 Å². The fraction of sp³-hybridized carbons (Fsp3) is 0.471. The fourth-order valence-corrected chi connectivity index (χ4v) is 7.63. The van der Waals surface area contributed by atoms with Crippen LogP contribution in [0.2, 0.25) is 0 Å². The summed E-state index contributed by atoms with van der Waals surface area (Å²) in [7, 11) is 16.4. The molecule has 0 radical (unpaired) electrons. The van der Waals surface area contributed by atoms with Crippen molar-refractivity contribution in [2.75, 3.05) is 82.6 Å². The molecule has 4 aliphatic rings. The molecule has 0 saturated heterocycles. The molecule has 0 aromatic heterocycles. The molecular formula is C68H108N4. The summed E-state index contributed by atoms with van der Waals surface area (Å²) in [4.78, 5) is 8.50. The molecule has 4 heteroatoms. The minimum Gasteiger partial charge on any atom is -0.310 e. The Morgan fingerprint density at radius 2 is 0.514 bits per heavy atom. The van der Waals surface area contributed by atoms with E-state index in [1.807, 2.05) is 83.1 Å². The first-order chi connectivity index (χ1) is 34.9. The molecule has 0 bridgehead atoms. The summed E-state index contributed by atoms with van der Waals surface area (Å²) >= 11 is 0. The third-order valence-corrected chi connectivity index (χ3v) is 12.0. The van der Waals surface area contributed by atoms with Crippen molar-refractivity contribution in [1.82, 2.24) is 19.6 Å². The Morgan fingerprint density at radius 1 is 0.264 bits per heavy atom. The summed E-state index contributed by atoms with van der Waals surface area (Å²) in [6, 6.07) is 44.8.